The zero-order chi connectivity index (χ0) is 76.5. The van der Waals surface area contributed by atoms with E-state index in [0.717, 1.165) is 0 Å². The van der Waals surface area contributed by atoms with E-state index in [0.29, 0.717) is 67.5 Å². The Morgan fingerprint density at radius 3 is 0.784 bits per heavy atom. The number of amides is 10. The zero-order valence-corrected chi connectivity index (χ0v) is 67.0. The molecule has 1 rings (SSSR count). The van der Waals surface area contributed by atoms with E-state index >= 15 is 0 Å². The number of carbonyl (C=O) groups is 10. The van der Waals surface area contributed by atoms with Gasteiger partial charge in [0.15, 0.2) is 6.29 Å². The molecule has 0 aliphatic carbocycles. The van der Waals surface area contributed by atoms with Gasteiger partial charge in [0.25, 0.3) is 0 Å². The molecular weight excluding hydrogens is 1430 g/mol. The van der Waals surface area contributed by atoms with Crippen LogP contribution >= 0.6 is 58.8 Å². The molecule has 5 atom stereocenters. The van der Waals surface area contributed by atoms with Gasteiger partial charge >= 0.3 is 30.5 Å². The maximum atomic E-state index is 12.8. The predicted molar refractivity (Wildman–Crippen MR) is 401 cm³/mol. The van der Waals surface area contributed by atoms with Crippen LogP contribution in [-0.4, -0.2) is 281 Å². The van der Waals surface area contributed by atoms with E-state index < -0.39 is 89.2 Å². The molecule has 0 spiro atoms. The van der Waals surface area contributed by atoms with Gasteiger partial charge in [-0.3, -0.25) is 24.0 Å². The number of nitrogens with one attached hydrogen (secondary N) is 10. The van der Waals surface area contributed by atoms with E-state index in [1.165, 1.54) is 58.8 Å². The van der Waals surface area contributed by atoms with Gasteiger partial charge in [0.2, 0.25) is 29.5 Å². The van der Waals surface area contributed by atoms with Crippen LogP contribution in [0.2, 0.25) is 0 Å². The molecular formula is C66H122N10O21S5. The minimum Gasteiger partial charge on any atom is -0.444 e. The van der Waals surface area contributed by atoms with Crippen LogP contribution in [0.4, 0.5) is 24.0 Å². The molecule has 592 valence electrons. The van der Waals surface area contributed by atoms with E-state index in [1.807, 2.05) is 0 Å². The Balaban J connectivity index is 3.42. The summed E-state index contributed by atoms with van der Waals surface area (Å²) in [6, 6.07) is 0. The number of hydrogen-bond acceptors (Lipinski definition) is 26. The van der Waals surface area contributed by atoms with E-state index in [1.54, 1.807) is 104 Å². The summed E-state index contributed by atoms with van der Waals surface area (Å²) in [7, 11) is 0. The number of ether oxygens (including phenoxy) is 11. The second-order valence-corrected chi connectivity index (χ2v) is 33.4. The van der Waals surface area contributed by atoms with Gasteiger partial charge in [-0.05, 0) is 165 Å². The third kappa shape index (κ3) is 57.5. The van der Waals surface area contributed by atoms with Crippen LogP contribution in [0.15, 0.2) is 0 Å². The molecule has 1 fully saturated rings. The highest BCUT2D eigenvalue weighted by Crippen LogP contribution is 2.31. The number of rotatable bonds is 51. The summed E-state index contributed by atoms with van der Waals surface area (Å²) in [4.78, 5) is 124. The first-order valence-corrected chi connectivity index (χ1v) is 40.4. The SMILES string of the molecule is CC(C)(C)OC(=O)NCCNC(=O)CSCCCOC[C@H]1O[C@H](OCCCSCC(=O)NCCNC(=O)OC(C)(C)C)[C@H](OCCCSCC(=O)NCCNC(=O)OC(C)(C)C)[C@@H](OCCCSCC(=O)NCCNC(=O)OC(C)(C)C)[C@@H]1OCCCSCC(=O)NCCNC(=O)OC(C)(C)C. The fraction of sp³-hybridized carbons (Fsp3) is 0.848. The van der Waals surface area contributed by atoms with Crippen molar-refractivity contribution >= 4 is 119 Å². The average molecular weight is 1550 g/mol. The largest absolute Gasteiger partial charge is 0.444 e. The molecule has 36 heteroatoms. The molecule has 0 bridgehead atoms. The Hall–Kier alpha value is -4.79. The van der Waals surface area contributed by atoms with Gasteiger partial charge in [0.1, 0.15) is 52.4 Å². The Morgan fingerprint density at radius 2 is 0.520 bits per heavy atom. The summed E-state index contributed by atoms with van der Waals surface area (Å²) in [6.45, 7) is 29.6. The van der Waals surface area contributed by atoms with Crippen molar-refractivity contribution in [2.45, 2.75) is 195 Å². The lowest BCUT2D eigenvalue weighted by Crippen LogP contribution is -2.62. The van der Waals surface area contributed by atoms with Crippen LogP contribution in [0.3, 0.4) is 0 Å². The highest BCUT2D eigenvalue weighted by Gasteiger charge is 2.49. The van der Waals surface area contributed by atoms with E-state index in [2.05, 4.69) is 53.2 Å². The minimum atomic E-state index is -1.02. The van der Waals surface area contributed by atoms with Crippen LogP contribution in [0, 0.1) is 0 Å². The molecule has 0 aromatic carbocycles. The van der Waals surface area contributed by atoms with Crippen molar-refractivity contribution in [2.24, 2.45) is 0 Å². The second kappa shape index (κ2) is 53.9. The molecule has 0 aromatic rings. The minimum absolute atomic E-state index is 0.0386. The molecule has 1 aliphatic heterocycles. The summed E-state index contributed by atoms with van der Waals surface area (Å²) in [5.74, 6) is 2.55. The van der Waals surface area contributed by atoms with Crippen LogP contribution < -0.4 is 53.2 Å². The van der Waals surface area contributed by atoms with Crippen molar-refractivity contribution in [3.05, 3.63) is 0 Å². The summed E-state index contributed by atoms with van der Waals surface area (Å²) in [5, 5.41) is 27.1. The van der Waals surface area contributed by atoms with Gasteiger partial charge < -0.3 is 105 Å². The van der Waals surface area contributed by atoms with Crippen molar-refractivity contribution in [2.75, 3.05) is 163 Å². The van der Waals surface area contributed by atoms with Crippen LogP contribution in [0.5, 0.6) is 0 Å². The molecule has 10 N–H and O–H groups in total. The molecule has 1 saturated heterocycles. The maximum absolute atomic E-state index is 12.8. The van der Waals surface area contributed by atoms with Crippen LogP contribution in [0.1, 0.15) is 136 Å². The van der Waals surface area contributed by atoms with Gasteiger partial charge in [-0.2, -0.15) is 58.8 Å². The van der Waals surface area contributed by atoms with E-state index in [4.69, 9.17) is 52.1 Å². The van der Waals surface area contributed by atoms with Crippen molar-refractivity contribution in [1.82, 2.24) is 53.2 Å². The monoisotopic (exact) mass is 1550 g/mol. The first-order chi connectivity index (χ1) is 47.9. The Bertz CT molecular complexity index is 2440. The fourth-order valence-electron chi connectivity index (χ4n) is 8.16. The van der Waals surface area contributed by atoms with Gasteiger partial charge in [-0.1, -0.05) is 0 Å². The lowest BCUT2D eigenvalue weighted by Gasteiger charge is -2.46. The normalized spacial score (nSPS) is 16.3. The van der Waals surface area contributed by atoms with Gasteiger partial charge in [0, 0.05) is 91.9 Å². The Kier molecular flexibility index (Phi) is 50.3. The summed E-state index contributed by atoms with van der Waals surface area (Å²) in [6.07, 6.45) is -4.57. The Labute approximate surface area is 625 Å². The molecule has 0 saturated carbocycles. The fourth-order valence-corrected chi connectivity index (χ4v) is 11.9. The van der Waals surface area contributed by atoms with Gasteiger partial charge in [-0.25, -0.2) is 24.0 Å². The summed E-state index contributed by atoms with van der Waals surface area (Å²) < 4.78 is 66.3. The van der Waals surface area contributed by atoms with Crippen LogP contribution in [-0.2, 0) is 76.1 Å². The first-order valence-electron chi connectivity index (χ1n) is 34.7. The highest BCUT2D eigenvalue weighted by molar-refractivity contribution is 8.00. The lowest BCUT2D eigenvalue weighted by molar-refractivity contribution is -0.323. The number of alkyl carbamates (subject to hydrolysis) is 5. The zero-order valence-electron chi connectivity index (χ0n) is 62.9. The second-order valence-electron chi connectivity index (χ2n) is 27.9. The topological polar surface area (TPSA) is 393 Å². The first kappa shape index (κ1) is 95.2. The molecule has 0 aromatic heterocycles. The summed E-state index contributed by atoms with van der Waals surface area (Å²) in [5.41, 5.74) is -3.29. The smallest absolute Gasteiger partial charge is 0.407 e. The maximum Gasteiger partial charge on any atom is 0.407 e. The molecule has 1 heterocycles. The molecule has 31 nitrogen and oxygen atoms in total. The number of thioether (sulfide) groups is 5. The molecule has 102 heavy (non-hydrogen) atoms. The van der Waals surface area contributed by atoms with Crippen molar-refractivity contribution in [3.8, 4) is 0 Å². The molecule has 0 radical (unpaired) electrons. The predicted octanol–water partition coefficient (Wildman–Crippen LogP) is 5.72. The third-order valence-corrected chi connectivity index (χ3v) is 17.4. The average Bonchev–Trinajstić information content (AvgIpc) is 0.792. The van der Waals surface area contributed by atoms with Crippen molar-refractivity contribution < 1.29 is 100 Å². The van der Waals surface area contributed by atoms with E-state index in [-0.39, 0.29) is 157 Å². The quantitative estimate of drug-likeness (QED) is 0.0257. The lowest BCUT2D eigenvalue weighted by atomic mass is 9.98. The van der Waals surface area contributed by atoms with Crippen molar-refractivity contribution in [1.29, 1.82) is 0 Å². The molecule has 10 amide bonds. The van der Waals surface area contributed by atoms with E-state index in [9.17, 15) is 47.9 Å². The number of carbonyl (C=O) groups excluding carboxylic acids is 10. The standard InChI is InChI=1S/C66H122N10O21S5/c1-62(2,3)93-57(82)72-26-21-67-48(77)42-98-36-16-31-87-41-47-53(88-32-17-37-99-43-49(78)68-22-27-73-58(83)94-63(4,5)6)54(89-33-18-38-100-44-50(79)69-23-28-74-59(84)95-64(7,8)9)55(90-34-19-39-101-45-51(80)70-24-29-75-60(85)96-65(10,11)12)56(92-47)91-35-20-40-102-46-52(81)71-25-30-76-61(86)97-66(13,14)15/h47,53-56H,16-46H2,1-15H3,(H,67,77)(H,68,78)(H,69,79)(H,70,80)(H,71,81)(H,72,82)(H,73,83)(H,74,84)(H,75,85)(H,76,86)/t47-,53-,54+,55-,56+/m1/s1. The number of hydrogen-bond donors (Lipinski definition) is 10. The Morgan fingerprint density at radius 1 is 0.294 bits per heavy atom. The van der Waals surface area contributed by atoms with Gasteiger partial charge in [-0.15, -0.1) is 0 Å². The van der Waals surface area contributed by atoms with Crippen molar-refractivity contribution in [3.63, 3.8) is 0 Å². The van der Waals surface area contributed by atoms with Gasteiger partial charge in [0.05, 0.1) is 42.0 Å². The van der Waals surface area contributed by atoms with Crippen LogP contribution in [0.25, 0.3) is 0 Å². The molecule has 1 aliphatic rings. The molecule has 0 unspecified atom stereocenters. The third-order valence-electron chi connectivity index (χ3n) is 12.1. The highest BCUT2D eigenvalue weighted by atomic mass is 32.2. The summed E-state index contributed by atoms with van der Waals surface area (Å²) >= 11 is 7.06.